The van der Waals surface area contributed by atoms with Gasteiger partial charge in [0.2, 0.25) is 0 Å². The lowest BCUT2D eigenvalue weighted by Gasteiger charge is -2.01. The summed E-state index contributed by atoms with van der Waals surface area (Å²) >= 11 is 3.51. The summed E-state index contributed by atoms with van der Waals surface area (Å²) in [4.78, 5) is 0. The SMILES string of the molecule is Brc1cccc2cc(C3CCNC3)oc12. The van der Waals surface area contributed by atoms with Crippen LogP contribution in [0.1, 0.15) is 18.1 Å². The van der Waals surface area contributed by atoms with Gasteiger partial charge in [-0.3, -0.25) is 0 Å². The summed E-state index contributed by atoms with van der Waals surface area (Å²) in [7, 11) is 0. The molecule has 1 N–H and O–H groups in total. The van der Waals surface area contributed by atoms with Crippen LogP contribution in [0, 0.1) is 0 Å². The summed E-state index contributed by atoms with van der Waals surface area (Å²) in [5.41, 5.74) is 0.972. The van der Waals surface area contributed by atoms with Crippen molar-refractivity contribution in [3.05, 3.63) is 34.5 Å². The van der Waals surface area contributed by atoms with E-state index >= 15 is 0 Å². The number of rotatable bonds is 1. The number of fused-ring (bicyclic) bond motifs is 1. The minimum atomic E-state index is 0.546. The quantitative estimate of drug-likeness (QED) is 0.856. The van der Waals surface area contributed by atoms with Crippen molar-refractivity contribution in [3.8, 4) is 0 Å². The van der Waals surface area contributed by atoms with Crippen LogP contribution in [0.5, 0.6) is 0 Å². The van der Waals surface area contributed by atoms with Crippen LogP contribution in [0.15, 0.2) is 33.2 Å². The Morgan fingerprint density at radius 1 is 1.40 bits per heavy atom. The molecule has 0 bridgehead atoms. The molecule has 1 aromatic heterocycles. The number of nitrogens with one attached hydrogen (secondary N) is 1. The van der Waals surface area contributed by atoms with E-state index in [1.165, 1.54) is 11.8 Å². The van der Waals surface area contributed by atoms with Gasteiger partial charge in [0.1, 0.15) is 11.3 Å². The van der Waals surface area contributed by atoms with Gasteiger partial charge in [0.05, 0.1) is 4.47 Å². The van der Waals surface area contributed by atoms with Gasteiger partial charge >= 0.3 is 0 Å². The van der Waals surface area contributed by atoms with Crippen LogP contribution in [0.4, 0.5) is 0 Å². The normalized spacial score (nSPS) is 21.3. The highest BCUT2D eigenvalue weighted by Crippen LogP contribution is 2.32. The Labute approximate surface area is 96.8 Å². The predicted octanol–water partition coefficient (Wildman–Crippen LogP) is 3.27. The van der Waals surface area contributed by atoms with E-state index in [9.17, 15) is 0 Å². The molecule has 78 valence electrons. The molecule has 2 nitrogen and oxygen atoms in total. The van der Waals surface area contributed by atoms with E-state index < -0.39 is 0 Å². The van der Waals surface area contributed by atoms with Crippen molar-refractivity contribution in [1.82, 2.24) is 5.32 Å². The van der Waals surface area contributed by atoms with E-state index in [-0.39, 0.29) is 0 Å². The number of furan rings is 1. The fraction of sp³-hybridized carbons (Fsp3) is 0.333. The molecule has 1 atom stereocenters. The fourth-order valence-corrected chi connectivity index (χ4v) is 2.61. The van der Waals surface area contributed by atoms with Crippen molar-refractivity contribution in [1.29, 1.82) is 0 Å². The van der Waals surface area contributed by atoms with E-state index in [0.29, 0.717) is 5.92 Å². The zero-order valence-electron chi connectivity index (χ0n) is 8.29. The summed E-state index contributed by atoms with van der Waals surface area (Å²) in [6.45, 7) is 2.14. The monoisotopic (exact) mass is 265 g/mol. The van der Waals surface area contributed by atoms with E-state index in [0.717, 1.165) is 28.9 Å². The Hall–Kier alpha value is -0.800. The average Bonchev–Trinajstić information content (AvgIpc) is 2.86. The highest BCUT2D eigenvalue weighted by atomic mass is 79.9. The molecule has 3 rings (SSSR count). The Balaban J connectivity index is 2.09. The van der Waals surface area contributed by atoms with Crippen LogP contribution >= 0.6 is 15.9 Å². The van der Waals surface area contributed by atoms with Crippen molar-refractivity contribution in [2.45, 2.75) is 12.3 Å². The number of hydrogen-bond acceptors (Lipinski definition) is 2. The van der Waals surface area contributed by atoms with E-state index in [1.54, 1.807) is 0 Å². The van der Waals surface area contributed by atoms with Crippen LogP contribution < -0.4 is 5.32 Å². The highest BCUT2D eigenvalue weighted by molar-refractivity contribution is 9.10. The number of para-hydroxylation sites is 1. The van der Waals surface area contributed by atoms with Gasteiger partial charge in [0.15, 0.2) is 0 Å². The smallest absolute Gasteiger partial charge is 0.148 e. The topological polar surface area (TPSA) is 25.2 Å². The summed E-state index contributed by atoms with van der Waals surface area (Å²) in [6.07, 6.45) is 1.18. The maximum atomic E-state index is 5.90. The van der Waals surface area contributed by atoms with Crippen LogP contribution in [0.2, 0.25) is 0 Å². The van der Waals surface area contributed by atoms with Gasteiger partial charge in [0, 0.05) is 17.8 Å². The van der Waals surface area contributed by atoms with E-state index in [1.807, 2.05) is 12.1 Å². The highest BCUT2D eigenvalue weighted by Gasteiger charge is 2.20. The molecule has 0 amide bonds. The van der Waals surface area contributed by atoms with Crippen LogP contribution in [-0.4, -0.2) is 13.1 Å². The molecule has 0 spiro atoms. The summed E-state index contributed by atoms with van der Waals surface area (Å²) in [5, 5.41) is 4.54. The first-order valence-corrected chi connectivity index (χ1v) is 6.02. The summed E-state index contributed by atoms with van der Waals surface area (Å²) in [6, 6.07) is 8.31. The molecule has 1 fully saturated rings. The second-order valence-corrected chi connectivity index (χ2v) is 4.85. The van der Waals surface area contributed by atoms with Crippen molar-refractivity contribution in [2.75, 3.05) is 13.1 Å². The van der Waals surface area contributed by atoms with Crippen LogP contribution in [0.3, 0.4) is 0 Å². The molecule has 2 heterocycles. The van der Waals surface area contributed by atoms with Gasteiger partial charge in [-0.1, -0.05) is 12.1 Å². The average molecular weight is 266 g/mol. The van der Waals surface area contributed by atoms with Gasteiger partial charge < -0.3 is 9.73 Å². The minimum Gasteiger partial charge on any atom is -0.460 e. The van der Waals surface area contributed by atoms with Crippen molar-refractivity contribution >= 4 is 26.9 Å². The number of halogens is 1. The molecule has 15 heavy (non-hydrogen) atoms. The van der Waals surface area contributed by atoms with Gasteiger partial charge in [0.25, 0.3) is 0 Å². The zero-order valence-corrected chi connectivity index (χ0v) is 9.88. The third kappa shape index (κ3) is 1.60. The molecule has 1 aliphatic rings. The number of hydrogen-bond donors (Lipinski definition) is 1. The minimum absolute atomic E-state index is 0.546. The fourth-order valence-electron chi connectivity index (χ4n) is 2.15. The van der Waals surface area contributed by atoms with Crippen LogP contribution in [-0.2, 0) is 0 Å². The second kappa shape index (κ2) is 3.65. The Kier molecular flexibility index (Phi) is 2.29. The lowest BCUT2D eigenvalue weighted by molar-refractivity contribution is 0.504. The molecular weight excluding hydrogens is 254 g/mol. The molecule has 1 saturated heterocycles. The van der Waals surface area contributed by atoms with Crippen LogP contribution in [0.25, 0.3) is 11.0 Å². The van der Waals surface area contributed by atoms with Gasteiger partial charge in [-0.15, -0.1) is 0 Å². The first-order chi connectivity index (χ1) is 7.34. The lowest BCUT2D eigenvalue weighted by atomic mass is 10.1. The van der Waals surface area contributed by atoms with Crippen molar-refractivity contribution in [3.63, 3.8) is 0 Å². The number of benzene rings is 1. The first-order valence-electron chi connectivity index (χ1n) is 5.23. The molecule has 0 aliphatic carbocycles. The summed E-state index contributed by atoms with van der Waals surface area (Å²) < 4.78 is 6.93. The van der Waals surface area contributed by atoms with E-state index in [2.05, 4.69) is 33.4 Å². The largest absolute Gasteiger partial charge is 0.460 e. The standard InChI is InChI=1S/C12H12BrNO/c13-10-3-1-2-8-6-11(15-12(8)10)9-4-5-14-7-9/h1-3,6,9,14H,4-5,7H2. The van der Waals surface area contributed by atoms with Gasteiger partial charge in [-0.25, -0.2) is 0 Å². The summed E-state index contributed by atoms with van der Waals surface area (Å²) in [5.74, 6) is 1.66. The second-order valence-electron chi connectivity index (χ2n) is 4.00. The lowest BCUT2D eigenvalue weighted by Crippen LogP contribution is -2.07. The molecular formula is C12H12BrNO. The molecule has 1 unspecified atom stereocenters. The van der Waals surface area contributed by atoms with E-state index in [4.69, 9.17) is 4.42 Å². The van der Waals surface area contributed by atoms with Crippen molar-refractivity contribution < 1.29 is 4.42 Å². The maximum Gasteiger partial charge on any atom is 0.148 e. The maximum absolute atomic E-state index is 5.90. The molecule has 3 heteroatoms. The first kappa shape index (κ1) is 9.43. The third-order valence-corrected chi connectivity index (χ3v) is 3.60. The molecule has 1 aliphatic heterocycles. The zero-order chi connectivity index (χ0) is 10.3. The Bertz CT molecular complexity index is 485. The molecule has 1 aromatic carbocycles. The predicted molar refractivity (Wildman–Crippen MR) is 64.1 cm³/mol. The Morgan fingerprint density at radius 3 is 3.07 bits per heavy atom. The molecule has 2 aromatic rings. The third-order valence-electron chi connectivity index (χ3n) is 2.98. The van der Waals surface area contributed by atoms with Gasteiger partial charge in [-0.2, -0.15) is 0 Å². The van der Waals surface area contributed by atoms with Crippen molar-refractivity contribution in [2.24, 2.45) is 0 Å². The molecule has 0 saturated carbocycles. The Morgan fingerprint density at radius 2 is 2.33 bits per heavy atom. The molecule has 0 radical (unpaired) electrons. The van der Waals surface area contributed by atoms with Gasteiger partial charge in [-0.05, 0) is 41.0 Å².